The SMILES string of the molecule is C=CCc1cc(OC(C)=O)c(OC(C)=O)c2ccccc12. The summed E-state index contributed by atoms with van der Waals surface area (Å²) in [4.78, 5) is 22.6. The highest BCUT2D eigenvalue weighted by atomic mass is 16.6. The second kappa shape index (κ2) is 6.22. The number of ether oxygens (including phenoxy) is 2. The van der Waals surface area contributed by atoms with Crippen molar-refractivity contribution >= 4 is 22.7 Å². The summed E-state index contributed by atoms with van der Waals surface area (Å²) in [5, 5.41) is 1.66. The van der Waals surface area contributed by atoms with Crippen LogP contribution in [0.1, 0.15) is 19.4 Å². The Bertz CT molecular complexity index is 716. The smallest absolute Gasteiger partial charge is 0.308 e. The third-order valence-electron chi connectivity index (χ3n) is 2.91. The Morgan fingerprint density at radius 3 is 2.29 bits per heavy atom. The summed E-state index contributed by atoms with van der Waals surface area (Å²) in [6, 6.07) is 9.21. The average Bonchev–Trinajstić information content (AvgIpc) is 2.42. The van der Waals surface area contributed by atoms with E-state index in [1.54, 1.807) is 12.1 Å². The molecule has 0 atom stereocenters. The molecule has 4 nitrogen and oxygen atoms in total. The van der Waals surface area contributed by atoms with Gasteiger partial charge in [-0.2, -0.15) is 0 Å². The summed E-state index contributed by atoms with van der Waals surface area (Å²) >= 11 is 0. The Hall–Kier alpha value is -2.62. The molecule has 0 unspecified atom stereocenters. The molecule has 0 amide bonds. The Morgan fingerprint density at radius 2 is 1.71 bits per heavy atom. The van der Waals surface area contributed by atoms with Crippen molar-refractivity contribution < 1.29 is 19.1 Å². The van der Waals surface area contributed by atoms with Crippen molar-refractivity contribution in [2.24, 2.45) is 0 Å². The molecule has 0 saturated heterocycles. The van der Waals surface area contributed by atoms with Crippen molar-refractivity contribution in [3.63, 3.8) is 0 Å². The minimum atomic E-state index is -0.469. The molecule has 2 aromatic carbocycles. The van der Waals surface area contributed by atoms with Crippen LogP contribution in [0.4, 0.5) is 0 Å². The van der Waals surface area contributed by atoms with Crippen LogP contribution in [0.3, 0.4) is 0 Å². The van der Waals surface area contributed by atoms with Crippen LogP contribution in [-0.4, -0.2) is 11.9 Å². The maximum atomic E-state index is 11.3. The van der Waals surface area contributed by atoms with E-state index in [0.717, 1.165) is 16.3 Å². The molecule has 0 aliphatic heterocycles. The van der Waals surface area contributed by atoms with E-state index in [4.69, 9.17) is 9.47 Å². The maximum Gasteiger partial charge on any atom is 0.308 e. The van der Waals surface area contributed by atoms with E-state index in [-0.39, 0.29) is 11.5 Å². The number of carbonyl (C=O) groups is 2. The zero-order valence-electron chi connectivity index (χ0n) is 12.0. The van der Waals surface area contributed by atoms with Gasteiger partial charge in [-0.1, -0.05) is 30.3 Å². The molecule has 0 saturated carbocycles. The van der Waals surface area contributed by atoms with Crippen molar-refractivity contribution in [2.45, 2.75) is 20.3 Å². The van der Waals surface area contributed by atoms with Crippen LogP contribution in [0.5, 0.6) is 11.5 Å². The number of carbonyl (C=O) groups excluding carboxylic acids is 2. The van der Waals surface area contributed by atoms with E-state index < -0.39 is 11.9 Å². The molecule has 2 rings (SSSR count). The standard InChI is InChI=1S/C17H16O4/c1-4-7-13-10-16(20-11(2)18)17(21-12(3)19)15-9-6-5-8-14(13)15/h4-6,8-10H,1,7H2,2-3H3. The number of rotatable bonds is 4. The highest BCUT2D eigenvalue weighted by Gasteiger charge is 2.17. The van der Waals surface area contributed by atoms with Gasteiger partial charge >= 0.3 is 11.9 Å². The average molecular weight is 284 g/mol. The van der Waals surface area contributed by atoms with Gasteiger partial charge in [0.1, 0.15) is 0 Å². The van der Waals surface area contributed by atoms with Crippen molar-refractivity contribution in [1.29, 1.82) is 0 Å². The lowest BCUT2D eigenvalue weighted by Gasteiger charge is -2.14. The van der Waals surface area contributed by atoms with Crippen molar-refractivity contribution in [3.8, 4) is 11.5 Å². The van der Waals surface area contributed by atoms with E-state index in [1.165, 1.54) is 13.8 Å². The fourth-order valence-electron chi connectivity index (χ4n) is 2.20. The van der Waals surface area contributed by atoms with Gasteiger partial charge in [0.05, 0.1) is 0 Å². The van der Waals surface area contributed by atoms with Crippen LogP contribution in [0.2, 0.25) is 0 Å². The maximum absolute atomic E-state index is 11.3. The number of allylic oxidation sites excluding steroid dienone is 1. The zero-order valence-corrected chi connectivity index (χ0v) is 12.0. The molecule has 0 heterocycles. The lowest BCUT2D eigenvalue weighted by molar-refractivity contribution is -0.134. The predicted molar refractivity (Wildman–Crippen MR) is 80.5 cm³/mol. The minimum absolute atomic E-state index is 0.244. The lowest BCUT2D eigenvalue weighted by Crippen LogP contribution is -2.08. The molecule has 4 heteroatoms. The number of hydrogen-bond acceptors (Lipinski definition) is 4. The third-order valence-corrected chi connectivity index (χ3v) is 2.91. The van der Waals surface area contributed by atoms with Gasteiger partial charge in [0.15, 0.2) is 11.5 Å². The fraction of sp³-hybridized carbons (Fsp3) is 0.176. The fourth-order valence-corrected chi connectivity index (χ4v) is 2.20. The van der Waals surface area contributed by atoms with Gasteiger partial charge < -0.3 is 9.47 Å². The van der Waals surface area contributed by atoms with Crippen LogP contribution in [0, 0.1) is 0 Å². The Labute approximate surface area is 123 Å². The predicted octanol–water partition coefficient (Wildman–Crippen LogP) is 3.42. The Morgan fingerprint density at radius 1 is 1.10 bits per heavy atom. The van der Waals surface area contributed by atoms with E-state index in [9.17, 15) is 9.59 Å². The quantitative estimate of drug-likeness (QED) is 0.490. The first-order chi connectivity index (χ1) is 10.0. The van der Waals surface area contributed by atoms with Crippen LogP contribution in [-0.2, 0) is 16.0 Å². The summed E-state index contributed by atoms with van der Waals surface area (Å²) in [5.74, 6) is -0.428. The highest BCUT2D eigenvalue weighted by Crippen LogP contribution is 2.38. The van der Waals surface area contributed by atoms with E-state index in [1.807, 2.05) is 24.3 Å². The Kier molecular flexibility index (Phi) is 4.38. The molecule has 108 valence electrons. The molecule has 0 aliphatic carbocycles. The van der Waals surface area contributed by atoms with Crippen LogP contribution in [0.25, 0.3) is 10.8 Å². The molecule has 0 aromatic heterocycles. The van der Waals surface area contributed by atoms with Gasteiger partial charge in [-0.25, -0.2) is 0 Å². The number of benzene rings is 2. The number of fused-ring (bicyclic) bond motifs is 1. The van der Waals surface area contributed by atoms with Crippen molar-refractivity contribution in [3.05, 3.63) is 48.6 Å². The highest BCUT2D eigenvalue weighted by molar-refractivity contribution is 5.96. The Balaban J connectivity index is 2.74. The van der Waals surface area contributed by atoms with Gasteiger partial charge in [-0.15, -0.1) is 6.58 Å². The lowest BCUT2D eigenvalue weighted by atomic mass is 10.0. The minimum Gasteiger partial charge on any atom is -0.423 e. The first-order valence-electron chi connectivity index (χ1n) is 6.55. The van der Waals surface area contributed by atoms with Gasteiger partial charge in [0.25, 0.3) is 0 Å². The monoisotopic (exact) mass is 284 g/mol. The van der Waals surface area contributed by atoms with Crippen molar-refractivity contribution in [1.82, 2.24) is 0 Å². The summed E-state index contributed by atoms with van der Waals surface area (Å²) < 4.78 is 10.4. The van der Waals surface area contributed by atoms with Crippen LogP contribution in [0.15, 0.2) is 43.0 Å². The van der Waals surface area contributed by atoms with E-state index in [2.05, 4.69) is 6.58 Å². The summed E-state index contributed by atoms with van der Waals surface area (Å²) in [6.45, 7) is 6.35. The molecule has 0 fully saturated rings. The summed E-state index contributed by atoms with van der Waals surface area (Å²) in [6.07, 6.45) is 2.39. The first-order valence-corrected chi connectivity index (χ1v) is 6.55. The van der Waals surface area contributed by atoms with Crippen molar-refractivity contribution in [2.75, 3.05) is 0 Å². The van der Waals surface area contributed by atoms with Crippen LogP contribution < -0.4 is 9.47 Å². The van der Waals surface area contributed by atoms with E-state index in [0.29, 0.717) is 6.42 Å². The normalized spacial score (nSPS) is 10.2. The molecular weight excluding hydrogens is 268 g/mol. The molecule has 2 aromatic rings. The molecule has 0 bridgehead atoms. The summed E-state index contributed by atoms with van der Waals surface area (Å²) in [7, 11) is 0. The summed E-state index contributed by atoms with van der Waals surface area (Å²) in [5.41, 5.74) is 0.952. The second-order valence-electron chi connectivity index (χ2n) is 4.59. The van der Waals surface area contributed by atoms with E-state index >= 15 is 0 Å². The molecule has 0 radical (unpaired) electrons. The number of hydrogen-bond donors (Lipinski definition) is 0. The van der Waals surface area contributed by atoms with Gasteiger partial charge in [-0.05, 0) is 23.4 Å². The first kappa shape index (κ1) is 14.8. The molecular formula is C17H16O4. The topological polar surface area (TPSA) is 52.6 Å². The third kappa shape index (κ3) is 3.28. The molecule has 21 heavy (non-hydrogen) atoms. The molecule has 0 N–H and O–H groups in total. The molecule has 0 spiro atoms. The number of esters is 2. The largest absolute Gasteiger partial charge is 0.423 e. The van der Waals surface area contributed by atoms with Gasteiger partial charge in [0.2, 0.25) is 0 Å². The van der Waals surface area contributed by atoms with Gasteiger partial charge in [-0.3, -0.25) is 9.59 Å². The van der Waals surface area contributed by atoms with Gasteiger partial charge in [0, 0.05) is 19.2 Å². The second-order valence-corrected chi connectivity index (χ2v) is 4.59. The van der Waals surface area contributed by atoms with Crippen LogP contribution >= 0.6 is 0 Å². The zero-order chi connectivity index (χ0) is 15.4. The molecule has 0 aliphatic rings.